The molecule has 0 aromatic heterocycles. The van der Waals surface area contributed by atoms with E-state index in [1.165, 1.54) is 0 Å². The molecular formula is C13H15ClN2O2S. The van der Waals surface area contributed by atoms with E-state index in [0.717, 1.165) is 25.7 Å². The molecule has 0 saturated heterocycles. The molecule has 1 heterocycles. The zero-order valence-corrected chi connectivity index (χ0v) is 11.9. The molecule has 1 saturated carbocycles. The minimum absolute atomic E-state index is 0.000673. The van der Waals surface area contributed by atoms with Gasteiger partial charge in [-0.2, -0.15) is 0 Å². The Balaban J connectivity index is 1.99. The Morgan fingerprint density at radius 3 is 2.74 bits per heavy atom. The van der Waals surface area contributed by atoms with Gasteiger partial charge in [0.05, 0.1) is 16.3 Å². The Bertz CT molecular complexity index is 627. The largest absolute Gasteiger partial charge is 0.263 e. The van der Waals surface area contributed by atoms with Crippen LogP contribution in [-0.2, 0) is 10.0 Å². The molecule has 1 aromatic rings. The summed E-state index contributed by atoms with van der Waals surface area (Å²) in [6.45, 7) is 0. The standard InChI is InChI=1S/C13H15ClN2O2S/c14-10-6-2-3-7-11(10)15-13-9-5-1-4-8-12(9)19(17,18)16-13/h1,4-5,8,10-11H,2-3,6-7H2,(H,15,16). The fourth-order valence-electron chi connectivity index (χ4n) is 2.61. The van der Waals surface area contributed by atoms with E-state index in [1.54, 1.807) is 18.2 Å². The first-order valence-corrected chi connectivity index (χ1v) is 8.34. The van der Waals surface area contributed by atoms with Crippen LogP contribution in [0.2, 0.25) is 0 Å². The Hall–Kier alpha value is -1.07. The van der Waals surface area contributed by atoms with Crippen molar-refractivity contribution in [2.75, 3.05) is 0 Å². The predicted molar refractivity (Wildman–Crippen MR) is 75.2 cm³/mol. The number of amidine groups is 1. The molecule has 3 rings (SSSR count). The Morgan fingerprint density at radius 2 is 1.95 bits per heavy atom. The number of benzene rings is 1. The average Bonchev–Trinajstić information content (AvgIpc) is 2.65. The molecule has 0 radical (unpaired) electrons. The zero-order chi connectivity index (χ0) is 13.5. The second-order valence-electron chi connectivity index (χ2n) is 4.95. The average molecular weight is 299 g/mol. The number of sulfonamides is 1. The number of nitrogens with one attached hydrogen (secondary N) is 1. The molecule has 0 amide bonds. The number of alkyl halides is 1. The van der Waals surface area contributed by atoms with Gasteiger partial charge in [0.15, 0.2) is 0 Å². The molecule has 6 heteroatoms. The molecule has 2 aliphatic rings. The van der Waals surface area contributed by atoms with Crippen molar-refractivity contribution in [1.29, 1.82) is 0 Å². The summed E-state index contributed by atoms with van der Waals surface area (Å²) in [5.74, 6) is 0.438. The second kappa shape index (κ2) is 4.80. The first kappa shape index (κ1) is 12.9. The smallest absolute Gasteiger partial charge is 0.263 e. The third kappa shape index (κ3) is 2.37. The second-order valence-corrected chi connectivity index (χ2v) is 7.16. The fraction of sp³-hybridized carbons (Fsp3) is 0.462. The van der Waals surface area contributed by atoms with Crippen LogP contribution in [0, 0.1) is 0 Å². The summed E-state index contributed by atoms with van der Waals surface area (Å²) in [5.41, 5.74) is 0.650. The number of nitrogens with zero attached hydrogens (tertiary/aromatic N) is 1. The molecule has 0 spiro atoms. The van der Waals surface area contributed by atoms with E-state index >= 15 is 0 Å². The van der Waals surface area contributed by atoms with Gasteiger partial charge in [-0.25, -0.2) is 8.42 Å². The predicted octanol–water partition coefficient (Wildman–Crippen LogP) is 2.28. The lowest BCUT2D eigenvalue weighted by atomic mass is 9.95. The van der Waals surface area contributed by atoms with E-state index < -0.39 is 10.0 Å². The van der Waals surface area contributed by atoms with Crippen LogP contribution in [0.4, 0.5) is 0 Å². The van der Waals surface area contributed by atoms with Crippen LogP contribution in [0.15, 0.2) is 34.2 Å². The maximum absolute atomic E-state index is 12.0. The summed E-state index contributed by atoms with van der Waals surface area (Å²) in [6.07, 6.45) is 4.08. The van der Waals surface area contributed by atoms with Crippen molar-refractivity contribution in [3.63, 3.8) is 0 Å². The number of rotatable bonds is 1. The minimum atomic E-state index is -3.45. The van der Waals surface area contributed by atoms with Gasteiger partial charge in [0.2, 0.25) is 0 Å². The number of halogens is 1. The van der Waals surface area contributed by atoms with Crippen molar-refractivity contribution >= 4 is 27.5 Å². The summed E-state index contributed by atoms with van der Waals surface area (Å²) in [5, 5.41) is -0.00137. The van der Waals surface area contributed by atoms with Gasteiger partial charge in [-0.3, -0.25) is 9.71 Å². The Kier molecular flexibility index (Phi) is 3.27. The number of hydrogen-bond donors (Lipinski definition) is 1. The molecule has 0 bridgehead atoms. The lowest BCUT2D eigenvalue weighted by Crippen LogP contribution is -2.29. The van der Waals surface area contributed by atoms with Crippen LogP contribution in [0.5, 0.6) is 0 Å². The number of aliphatic imine (C=N–C) groups is 1. The normalized spacial score (nSPS) is 30.9. The summed E-state index contributed by atoms with van der Waals surface area (Å²) in [7, 11) is -3.45. The van der Waals surface area contributed by atoms with Gasteiger partial charge in [-0.15, -0.1) is 11.6 Å². The highest BCUT2D eigenvalue weighted by Gasteiger charge is 2.32. The van der Waals surface area contributed by atoms with Gasteiger partial charge < -0.3 is 0 Å². The molecule has 2 atom stereocenters. The van der Waals surface area contributed by atoms with E-state index in [2.05, 4.69) is 9.71 Å². The first-order valence-electron chi connectivity index (χ1n) is 6.42. The SMILES string of the molecule is O=S1(=O)NC(=NC2CCCCC2Cl)c2ccccc21. The van der Waals surface area contributed by atoms with Crippen LogP contribution in [0.3, 0.4) is 0 Å². The molecule has 1 aliphatic heterocycles. The van der Waals surface area contributed by atoms with Gasteiger partial charge >= 0.3 is 0 Å². The lowest BCUT2D eigenvalue weighted by Gasteiger charge is -2.23. The van der Waals surface area contributed by atoms with Gasteiger partial charge in [0.25, 0.3) is 10.0 Å². The monoisotopic (exact) mass is 298 g/mol. The zero-order valence-electron chi connectivity index (χ0n) is 10.3. The highest BCUT2D eigenvalue weighted by Crippen LogP contribution is 2.28. The Morgan fingerprint density at radius 1 is 1.21 bits per heavy atom. The first-order chi connectivity index (χ1) is 9.08. The molecule has 2 unspecified atom stereocenters. The molecule has 102 valence electrons. The maximum atomic E-state index is 12.0. The molecular weight excluding hydrogens is 284 g/mol. The number of hydrogen-bond acceptors (Lipinski definition) is 3. The summed E-state index contributed by atoms with van der Waals surface area (Å²) in [4.78, 5) is 4.85. The van der Waals surface area contributed by atoms with E-state index in [0.29, 0.717) is 16.3 Å². The van der Waals surface area contributed by atoms with Crippen LogP contribution < -0.4 is 4.72 Å². The van der Waals surface area contributed by atoms with Gasteiger partial charge in [-0.05, 0) is 25.0 Å². The maximum Gasteiger partial charge on any atom is 0.263 e. The summed E-state index contributed by atoms with van der Waals surface area (Å²) >= 11 is 6.27. The highest BCUT2D eigenvalue weighted by molar-refractivity contribution is 7.90. The molecule has 4 nitrogen and oxygen atoms in total. The molecule has 1 aromatic carbocycles. The van der Waals surface area contributed by atoms with Crippen molar-refractivity contribution in [3.8, 4) is 0 Å². The van der Waals surface area contributed by atoms with Crippen LogP contribution in [0.1, 0.15) is 31.2 Å². The van der Waals surface area contributed by atoms with Crippen molar-refractivity contribution in [3.05, 3.63) is 29.8 Å². The Labute approximate surface area is 117 Å². The molecule has 1 N–H and O–H groups in total. The lowest BCUT2D eigenvalue weighted by molar-refractivity contribution is 0.450. The van der Waals surface area contributed by atoms with Crippen LogP contribution in [0.25, 0.3) is 0 Å². The summed E-state index contributed by atoms with van der Waals surface area (Å²) < 4.78 is 26.5. The topological polar surface area (TPSA) is 58.5 Å². The molecule has 1 aliphatic carbocycles. The van der Waals surface area contributed by atoms with Gasteiger partial charge in [-0.1, -0.05) is 25.0 Å². The fourth-order valence-corrected chi connectivity index (χ4v) is 4.18. The van der Waals surface area contributed by atoms with Gasteiger partial charge in [0, 0.05) is 5.56 Å². The van der Waals surface area contributed by atoms with E-state index in [4.69, 9.17) is 11.6 Å². The minimum Gasteiger partial charge on any atom is -0.263 e. The van der Waals surface area contributed by atoms with E-state index in [1.807, 2.05) is 6.07 Å². The van der Waals surface area contributed by atoms with Crippen molar-refractivity contribution in [2.24, 2.45) is 4.99 Å². The number of fused-ring (bicyclic) bond motifs is 1. The van der Waals surface area contributed by atoms with Crippen molar-refractivity contribution in [1.82, 2.24) is 4.72 Å². The van der Waals surface area contributed by atoms with E-state index in [9.17, 15) is 8.42 Å². The highest BCUT2D eigenvalue weighted by atomic mass is 35.5. The van der Waals surface area contributed by atoms with Gasteiger partial charge in [0.1, 0.15) is 5.84 Å². The summed E-state index contributed by atoms with van der Waals surface area (Å²) in [6, 6.07) is 6.90. The third-order valence-corrected chi connectivity index (χ3v) is 5.51. The van der Waals surface area contributed by atoms with Crippen LogP contribution >= 0.6 is 11.6 Å². The van der Waals surface area contributed by atoms with Crippen molar-refractivity contribution < 1.29 is 8.42 Å². The van der Waals surface area contributed by atoms with E-state index in [-0.39, 0.29) is 11.4 Å². The third-order valence-electron chi connectivity index (χ3n) is 3.60. The molecule has 19 heavy (non-hydrogen) atoms. The quantitative estimate of drug-likeness (QED) is 0.809. The van der Waals surface area contributed by atoms with Crippen LogP contribution in [-0.4, -0.2) is 25.7 Å². The molecule has 1 fully saturated rings. The van der Waals surface area contributed by atoms with Crippen molar-refractivity contribution in [2.45, 2.75) is 42.0 Å².